The zero-order valence-corrected chi connectivity index (χ0v) is 13.2. The standard InChI is InChI=1S/C14H15NO4S2/c1-9-8-20-12(14(16)17)13(9)21(18,19)15-10(2)11-6-4-3-5-7-11/h3-8,10,15H,1-2H3,(H,16,17)/t10-/m0/s1. The van der Waals surface area contributed by atoms with Crippen LogP contribution < -0.4 is 4.72 Å². The maximum Gasteiger partial charge on any atom is 0.347 e. The summed E-state index contributed by atoms with van der Waals surface area (Å²) >= 11 is 0.915. The molecule has 1 aromatic heterocycles. The van der Waals surface area contributed by atoms with Crippen molar-refractivity contribution in [2.75, 3.05) is 0 Å². The van der Waals surface area contributed by atoms with Gasteiger partial charge < -0.3 is 5.11 Å². The number of carbonyl (C=O) groups is 1. The summed E-state index contributed by atoms with van der Waals surface area (Å²) < 4.78 is 27.4. The van der Waals surface area contributed by atoms with E-state index in [1.54, 1.807) is 13.8 Å². The minimum atomic E-state index is -3.89. The number of thiophene rings is 1. The Balaban J connectivity index is 2.36. The third-order valence-corrected chi connectivity index (χ3v) is 5.95. The number of aromatic carboxylic acids is 1. The van der Waals surface area contributed by atoms with Crippen molar-refractivity contribution >= 4 is 27.3 Å². The van der Waals surface area contributed by atoms with Gasteiger partial charge in [-0.1, -0.05) is 30.3 Å². The number of hydrogen-bond donors (Lipinski definition) is 2. The average Bonchev–Trinajstić information content (AvgIpc) is 2.82. The Bertz CT molecular complexity index is 751. The van der Waals surface area contributed by atoms with Crippen LogP contribution in [0.1, 0.15) is 33.8 Å². The van der Waals surface area contributed by atoms with Crippen LogP contribution in [0.15, 0.2) is 40.6 Å². The summed E-state index contributed by atoms with van der Waals surface area (Å²) in [6, 6.07) is 8.66. The lowest BCUT2D eigenvalue weighted by atomic mass is 10.1. The van der Waals surface area contributed by atoms with Gasteiger partial charge in [0, 0.05) is 6.04 Å². The fourth-order valence-corrected chi connectivity index (χ4v) is 4.88. The van der Waals surface area contributed by atoms with Gasteiger partial charge in [0.05, 0.1) is 0 Å². The highest BCUT2D eigenvalue weighted by atomic mass is 32.2. The molecule has 2 aromatic rings. The highest BCUT2D eigenvalue weighted by Gasteiger charge is 2.28. The van der Waals surface area contributed by atoms with Crippen molar-refractivity contribution in [2.45, 2.75) is 24.8 Å². The number of aryl methyl sites for hydroxylation is 1. The lowest BCUT2D eigenvalue weighted by Gasteiger charge is -2.15. The molecule has 21 heavy (non-hydrogen) atoms. The first-order valence-corrected chi connectivity index (χ1v) is 8.58. The maximum absolute atomic E-state index is 12.5. The molecule has 112 valence electrons. The normalized spacial score (nSPS) is 13.0. The van der Waals surface area contributed by atoms with Crippen LogP contribution in [0.5, 0.6) is 0 Å². The number of sulfonamides is 1. The second kappa shape index (κ2) is 5.97. The quantitative estimate of drug-likeness (QED) is 0.885. The Morgan fingerprint density at radius 2 is 1.90 bits per heavy atom. The first kappa shape index (κ1) is 15.7. The molecular formula is C14H15NO4S2. The molecule has 2 rings (SSSR count). The van der Waals surface area contributed by atoms with E-state index >= 15 is 0 Å². The van der Waals surface area contributed by atoms with Crippen LogP contribution in [0, 0.1) is 6.92 Å². The van der Waals surface area contributed by atoms with Gasteiger partial charge in [0.15, 0.2) is 0 Å². The second-order valence-electron chi connectivity index (χ2n) is 4.64. The lowest BCUT2D eigenvalue weighted by Crippen LogP contribution is -2.28. The van der Waals surface area contributed by atoms with Gasteiger partial charge in [-0.15, -0.1) is 11.3 Å². The molecule has 0 radical (unpaired) electrons. The van der Waals surface area contributed by atoms with Crippen LogP contribution >= 0.6 is 11.3 Å². The van der Waals surface area contributed by atoms with Crippen LogP contribution in [-0.4, -0.2) is 19.5 Å². The molecule has 2 N–H and O–H groups in total. The van der Waals surface area contributed by atoms with Crippen molar-refractivity contribution in [1.82, 2.24) is 4.72 Å². The van der Waals surface area contributed by atoms with E-state index in [0.29, 0.717) is 5.56 Å². The monoisotopic (exact) mass is 325 g/mol. The van der Waals surface area contributed by atoms with Gasteiger partial charge in [-0.3, -0.25) is 0 Å². The molecule has 5 nitrogen and oxygen atoms in total. The molecule has 1 atom stereocenters. The molecule has 0 saturated carbocycles. The lowest BCUT2D eigenvalue weighted by molar-refractivity contribution is 0.0698. The van der Waals surface area contributed by atoms with Gasteiger partial charge in [0.25, 0.3) is 0 Å². The van der Waals surface area contributed by atoms with Crippen molar-refractivity contribution in [3.8, 4) is 0 Å². The minimum Gasteiger partial charge on any atom is -0.477 e. The Kier molecular flexibility index (Phi) is 4.46. The van der Waals surface area contributed by atoms with Gasteiger partial charge in [-0.2, -0.15) is 0 Å². The van der Waals surface area contributed by atoms with Gasteiger partial charge in [-0.25, -0.2) is 17.9 Å². The van der Waals surface area contributed by atoms with Crippen LogP contribution in [0.4, 0.5) is 0 Å². The topological polar surface area (TPSA) is 83.5 Å². The van der Waals surface area contributed by atoms with Crippen LogP contribution in [0.3, 0.4) is 0 Å². The van der Waals surface area contributed by atoms with Gasteiger partial charge in [-0.05, 0) is 30.4 Å². The first-order chi connectivity index (χ1) is 9.83. The molecule has 1 aromatic carbocycles. The second-order valence-corrected chi connectivity index (χ2v) is 7.17. The van der Waals surface area contributed by atoms with Crippen molar-refractivity contribution in [3.63, 3.8) is 0 Å². The number of nitrogens with one attached hydrogen (secondary N) is 1. The molecule has 0 fully saturated rings. The summed E-state index contributed by atoms with van der Waals surface area (Å²) in [5, 5.41) is 10.6. The summed E-state index contributed by atoms with van der Waals surface area (Å²) in [4.78, 5) is 10.8. The van der Waals surface area contributed by atoms with Gasteiger partial charge >= 0.3 is 5.97 Å². The predicted octanol–water partition coefficient (Wildman–Crippen LogP) is 2.79. The van der Waals surface area contributed by atoms with Crippen LogP contribution in [0.25, 0.3) is 0 Å². The average molecular weight is 325 g/mol. The molecule has 7 heteroatoms. The summed E-state index contributed by atoms with van der Waals surface area (Å²) in [5.74, 6) is -1.24. The van der Waals surface area contributed by atoms with E-state index in [9.17, 15) is 13.2 Å². The van der Waals surface area contributed by atoms with Crippen molar-refractivity contribution in [3.05, 3.63) is 51.7 Å². The molecule has 0 unspecified atom stereocenters. The van der Waals surface area contributed by atoms with E-state index < -0.39 is 22.0 Å². The SMILES string of the molecule is Cc1csc(C(=O)O)c1S(=O)(=O)N[C@@H](C)c1ccccc1. The molecule has 0 spiro atoms. The summed E-state index contributed by atoms with van der Waals surface area (Å²) in [7, 11) is -3.89. The van der Waals surface area contributed by atoms with E-state index in [1.165, 1.54) is 5.38 Å². The fourth-order valence-electron chi connectivity index (χ4n) is 2.02. The van der Waals surface area contributed by atoms with Crippen LogP contribution in [0.2, 0.25) is 0 Å². The molecule has 0 amide bonds. The van der Waals surface area contributed by atoms with Crippen molar-refractivity contribution in [2.24, 2.45) is 0 Å². The molecule has 1 heterocycles. The molecule has 0 aliphatic rings. The summed E-state index contributed by atoms with van der Waals surface area (Å²) in [5.41, 5.74) is 1.25. The zero-order chi connectivity index (χ0) is 15.6. The highest BCUT2D eigenvalue weighted by Crippen LogP contribution is 2.28. The van der Waals surface area contributed by atoms with Crippen LogP contribution in [-0.2, 0) is 10.0 Å². The minimum absolute atomic E-state index is 0.150. The summed E-state index contributed by atoms with van der Waals surface area (Å²) in [6.07, 6.45) is 0. The number of hydrogen-bond acceptors (Lipinski definition) is 4. The predicted molar refractivity (Wildman–Crippen MR) is 81.2 cm³/mol. The zero-order valence-electron chi connectivity index (χ0n) is 11.5. The molecule has 0 aliphatic carbocycles. The number of carboxylic acid groups (broad SMARTS) is 1. The van der Waals surface area contributed by atoms with E-state index in [1.807, 2.05) is 30.3 Å². The fraction of sp³-hybridized carbons (Fsp3) is 0.214. The Morgan fingerprint density at radius 3 is 2.48 bits per heavy atom. The molecule has 0 aliphatic heterocycles. The smallest absolute Gasteiger partial charge is 0.347 e. The van der Waals surface area contributed by atoms with E-state index in [-0.39, 0.29) is 9.77 Å². The Morgan fingerprint density at radius 1 is 1.29 bits per heavy atom. The van der Waals surface area contributed by atoms with Crippen molar-refractivity contribution in [1.29, 1.82) is 0 Å². The highest BCUT2D eigenvalue weighted by molar-refractivity contribution is 7.89. The van der Waals surface area contributed by atoms with Gasteiger partial charge in [0.1, 0.15) is 9.77 Å². The Labute approximate surface area is 127 Å². The molecule has 0 saturated heterocycles. The third kappa shape index (κ3) is 3.31. The maximum atomic E-state index is 12.5. The van der Waals surface area contributed by atoms with E-state index in [4.69, 9.17) is 5.11 Å². The van der Waals surface area contributed by atoms with Crippen molar-refractivity contribution < 1.29 is 18.3 Å². The third-order valence-electron chi connectivity index (χ3n) is 3.01. The largest absolute Gasteiger partial charge is 0.477 e. The molecular weight excluding hydrogens is 310 g/mol. The number of benzene rings is 1. The Hall–Kier alpha value is -1.70. The number of rotatable bonds is 5. The number of carboxylic acids is 1. The van der Waals surface area contributed by atoms with Gasteiger partial charge in [0.2, 0.25) is 10.0 Å². The van der Waals surface area contributed by atoms with E-state index in [2.05, 4.69) is 4.72 Å². The van der Waals surface area contributed by atoms with E-state index in [0.717, 1.165) is 16.9 Å². The molecule has 0 bridgehead atoms. The first-order valence-electron chi connectivity index (χ1n) is 6.21. The summed E-state index contributed by atoms with van der Waals surface area (Å²) in [6.45, 7) is 3.31.